The molecule has 0 aliphatic heterocycles. The van der Waals surface area contributed by atoms with Gasteiger partial charge in [0.1, 0.15) is 17.6 Å². The second kappa shape index (κ2) is 5.45. The summed E-state index contributed by atoms with van der Waals surface area (Å²) < 4.78 is 5.57. The Balaban J connectivity index is 2.13. The van der Waals surface area contributed by atoms with E-state index in [9.17, 15) is 5.11 Å². The summed E-state index contributed by atoms with van der Waals surface area (Å²) in [5.41, 5.74) is 5.78. The lowest BCUT2D eigenvalue weighted by Gasteiger charge is -2.41. The Morgan fingerprint density at radius 3 is 2.56 bits per heavy atom. The molecule has 1 atom stereocenters. The van der Waals surface area contributed by atoms with Crippen LogP contribution < -0.4 is 5.73 Å². The van der Waals surface area contributed by atoms with Crippen molar-refractivity contribution in [2.45, 2.75) is 52.1 Å². The first-order valence-electron chi connectivity index (χ1n) is 7.06. The first-order chi connectivity index (χ1) is 8.61. The molecule has 0 radical (unpaired) electrons. The molecule has 1 aromatic heterocycles. The number of hydrogen-bond donors (Lipinski definition) is 2. The molecule has 3 heteroatoms. The number of aliphatic hydroxyl groups is 1. The normalized spacial score (nSPS) is 30.3. The highest BCUT2D eigenvalue weighted by Gasteiger charge is 2.41. The van der Waals surface area contributed by atoms with Gasteiger partial charge in [-0.25, -0.2) is 0 Å². The Kier molecular flexibility index (Phi) is 4.13. The van der Waals surface area contributed by atoms with Crippen molar-refractivity contribution in [3.8, 4) is 0 Å². The van der Waals surface area contributed by atoms with Gasteiger partial charge in [0.25, 0.3) is 0 Å². The molecular formula is C15H25NO2. The second-order valence-corrected chi connectivity index (χ2v) is 5.77. The Hall–Kier alpha value is -0.800. The largest absolute Gasteiger partial charge is 0.464 e. The van der Waals surface area contributed by atoms with Crippen LogP contribution in [-0.4, -0.2) is 11.7 Å². The van der Waals surface area contributed by atoms with E-state index in [2.05, 4.69) is 6.92 Å². The van der Waals surface area contributed by atoms with Crippen LogP contribution in [0.15, 0.2) is 16.5 Å². The lowest BCUT2D eigenvalue weighted by Crippen LogP contribution is -2.40. The standard InChI is InChI=1S/C15H25NO2/c1-3-12-6-8-15(10-16,9-7-12)14(17)13-5-4-11(2)18-13/h4-5,12,14,17H,3,6-10,16H2,1-2H3. The maximum atomic E-state index is 10.6. The van der Waals surface area contributed by atoms with Crippen molar-refractivity contribution in [3.63, 3.8) is 0 Å². The molecule has 0 spiro atoms. The number of furan rings is 1. The maximum absolute atomic E-state index is 10.6. The molecule has 1 heterocycles. The van der Waals surface area contributed by atoms with Crippen molar-refractivity contribution in [2.24, 2.45) is 17.1 Å². The van der Waals surface area contributed by atoms with Crippen molar-refractivity contribution < 1.29 is 9.52 Å². The van der Waals surface area contributed by atoms with E-state index in [-0.39, 0.29) is 5.41 Å². The molecule has 1 aromatic rings. The Bertz CT molecular complexity index is 378. The average Bonchev–Trinajstić information content (AvgIpc) is 2.84. The highest BCUT2D eigenvalue weighted by atomic mass is 16.4. The smallest absolute Gasteiger partial charge is 0.133 e. The first-order valence-corrected chi connectivity index (χ1v) is 7.06. The summed E-state index contributed by atoms with van der Waals surface area (Å²) >= 11 is 0. The summed E-state index contributed by atoms with van der Waals surface area (Å²) in [4.78, 5) is 0. The van der Waals surface area contributed by atoms with Gasteiger partial charge in [0, 0.05) is 12.0 Å². The van der Waals surface area contributed by atoms with Crippen LogP contribution in [0.4, 0.5) is 0 Å². The van der Waals surface area contributed by atoms with Gasteiger partial charge in [0.05, 0.1) is 0 Å². The Labute approximate surface area is 109 Å². The maximum Gasteiger partial charge on any atom is 0.133 e. The van der Waals surface area contributed by atoms with E-state index in [1.54, 1.807) is 0 Å². The molecule has 18 heavy (non-hydrogen) atoms. The van der Waals surface area contributed by atoms with Crippen LogP contribution in [0, 0.1) is 18.3 Å². The summed E-state index contributed by atoms with van der Waals surface area (Å²) in [6, 6.07) is 3.78. The van der Waals surface area contributed by atoms with Crippen LogP contribution in [0.1, 0.15) is 56.7 Å². The van der Waals surface area contributed by atoms with Crippen molar-refractivity contribution in [1.82, 2.24) is 0 Å². The van der Waals surface area contributed by atoms with Gasteiger partial charge in [0.15, 0.2) is 0 Å². The molecule has 1 fully saturated rings. The fraction of sp³-hybridized carbons (Fsp3) is 0.733. The minimum Gasteiger partial charge on any atom is -0.464 e. The van der Waals surface area contributed by atoms with Gasteiger partial charge in [-0.3, -0.25) is 0 Å². The molecule has 2 rings (SSSR count). The van der Waals surface area contributed by atoms with Gasteiger partial charge >= 0.3 is 0 Å². The molecule has 3 N–H and O–H groups in total. The summed E-state index contributed by atoms with van der Waals surface area (Å²) in [6.45, 7) is 4.68. The van der Waals surface area contributed by atoms with Gasteiger partial charge in [0.2, 0.25) is 0 Å². The zero-order chi connectivity index (χ0) is 13.2. The molecule has 0 aromatic carbocycles. The van der Waals surface area contributed by atoms with E-state index in [0.717, 1.165) is 24.5 Å². The van der Waals surface area contributed by atoms with Gasteiger partial charge in [-0.1, -0.05) is 13.3 Å². The monoisotopic (exact) mass is 251 g/mol. The van der Waals surface area contributed by atoms with E-state index in [1.165, 1.54) is 19.3 Å². The Morgan fingerprint density at radius 1 is 1.44 bits per heavy atom. The third kappa shape index (κ3) is 2.47. The van der Waals surface area contributed by atoms with Gasteiger partial charge in [-0.15, -0.1) is 0 Å². The highest BCUT2D eigenvalue weighted by Crippen LogP contribution is 2.47. The van der Waals surface area contributed by atoms with Crippen LogP contribution in [0.3, 0.4) is 0 Å². The number of hydrogen-bond acceptors (Lipinski definition) is 3. The molecule has 102 valence electrons. The number of aryl methyl sites for hydroxylation is 1. The van der Waals surface area contributed by atoms with Crippen molar-refractivity contribution in [2.75, 3.05) is 6.54 Å². The highest BCUT2D eigenvalue weighted by molar-refractivity contribution is 5.12. The number of aliphatic hydroxyl groups excluding tert-OH is 1. The predicted octanol–water partition coefficient (Wildman–Crippen LogP) is 3.17. The molecule has 0 amide bonds. The number of rotatable bonds is 4. The topological polar surface area (TPSA) is 59.4 Å². The van der Waals surface area contributed by atoms with Crippen LogP contribution in [0.25, 0.3) is 0 Å². The zero-order valence-electron chi connectivity index (χ0n) is 11.5. The molecule has 3 nitrogen and oxygen atoms in total. The summed E-state index contributed by atoms with van der Waals surface area (Å²) in [5, 5.41) is 10.6. The van der Waals surface area contributed by atoms with Gasteiger partial charge in [-0.05, 0) is 50.7 Å². The fourth-order valence-corrected chi connectivity index (χ4v) is 3.15. The lowest BCUT2D eigenvalue weighted by molar-refractivity contribution is -0.0233. The first kappa shape index (κ1) is 13.6. The molecule has 0 bridgehead atoms. The molecule has 1 aliphatic rings. The minimum atomic E-state index is -0.561. The van der Waals surface area contributed by atoms with Crippen molar-refractivity contribution in [1.29, 1.82) is 0 Å². The van der Waals surface area contributed by atoms with E-state index in [4.69, 9.17) is 10.2 Å². The van der Waals surface area contributed by atoms with Crippen LogP contribution >= 0.6 is 0 Å². The molecule has 1 unspecified atom stereocenters. The average molecular weight is 251 g/mol. The quantitative estimate of drug-likeness (QED) is 0.864. The lowest BCUT2D eigenvalue weighted by atomic mass is 9.66. The van der Waals surface area contributed by atoms with Crippen LogP contribution in [0.5, 0.6) is 0 Å². The SMILES string of the molecule is CCC1CCC(CN)(C(O)c2ccc(C)o2)CC1. The van der Waals surface area contributed by atoms with E-state index in [1.807, 2.05) is 19.1 Å². The van der Waals surface area contributed by atoms with Crippen molar-refractivity contribution in [3.05, 3.63) is 23.7 Å². The predicted molar refractivity (Wildman–Crippen MR) is 72.1 cm³/mol. The molecule has 0 saturated heterocycles. The zero-order valence-corrected chi connectivity index (χ0v) is 11.5. The van der Waals surface area contributed by atoms with E-state index < -0.39 is 6.10 Å². The molecule has 1 aliphatic carbocycles. The summed E-state index contributed by atoms with van der Waals surface area (Å²) in [7, 11) is 0. The summed E-state index contributed by atoms with van der Waals surface area (Å²) in [6.07, 6.45) is 5.02. The van der Waals surface area contributed by atoms with Gasteiger partial charge < -0.3 is 15.3 Å². The molecule has 1 saturated carbocycles. The minimum absolute atomic E-state index is 0.185. The van der Waals surface area contributed by atoms with Crippen molar-refractivity contribution >= 4 is 0 Å². The Morgan fingerprint density at radius 2 is 2.11 bits per heavy atom. The molecular weight excluding hydrogens is 226 g/mol. The number of nitrogens with two attached hydrogens (primary N) is 1. The third-order valence-corrected chi connectivity index (χ3v) is 4.70. The fourth-order valence-electron chi connectivity index (χ4n) is 3.15. The van der Waals surface area contributed by atoms with E-state index >= 15 is 0 Å². The summed E-state index contributed by atoms with van der Waals surface area (Å²) in [5.74, 6) is 2.32. The second-order valence-electron chi connectivity index (χ2n) is 5.77. The third-order valence-electron chi connectivity index (χ3n) is 4.70. The van der Waals surface area contributed by atoms with E-state index in [0.29, 0.717) is 12.3 Å². The van der Waals surface area contributed by atoms with Gasteiger partial charge in [-0.2, -0.15) is 0 Å². The van der Waals surface area contributed by atoms with Crippen LogP contribution in [0.2, 0.25) is 0 Å². The van der Waals surface area contributed by atoms with Crippen LogP contribution in [-0.2, 0) is 0 Å².